The Balaban J connectivity index is 1.37. The summed E-state index contributed by atoms with van der Waals surface area (Å²) in [5.41, 5.74) is 3.66. The molecule has 4 aromatic rings. The number of anilines is 1. The summed E-state index contributed by atoms with van der Waals surface area (Å²) in [5.74, 6) is 0.957. The van der Waals surface area contributed by atoms with Crippen molar-refractivity contribution in [2.75, 3.05) is 32.2 Å². The van der Waals surface area contributed by atoms with Crippen molar-refractivity contribution in [3.63, 3.8) is 0 Å². The molecule has 3 aromatic carbocycles. The molecule has 41 heavy (non-hydrogen) atoms. The van der Waals surface area contributed by atoms with Crippen molar-refractivity contribution in [2.24, 2.45) is 5.92 Å². The summed E-state index contributed by atoms with van der Waals surface area (Å²) in [6, 6.07) is 28.9. The first-order valence-corrected chi connectivity index (χ1v) is 14.1. The highest BCUT2D eigenvalue weighted by atomic mass is 19.1. The second kappa shape index (κ2) is 14.1. The Labute approximate surface area is 241 Å². The van der Waals surface area contributed by atoms with Gasteiger partial charge in [0.25, 0.3) is 0 Å². The predicted octanol–water partition coefficient (Wildman–Crippen LogP) is 7.27. The topological polar surface area (TPSA) is 53.1 Å². The molecule has 214 valence electrons. The first-order valence-electron chi connectivity index (χ1n) is 14.1. The zero-order valence-electron chi connectivity index (χ0n) is 23.7. The monoisotopic (exact) mass is 556 g/mol. The van der Waals surface area contributed by atoms with Crippen molar-refractivity contribution in [1.29, 1.82) is 0 Å². The molecular formula is C34H37FN2O4. The van der Waals surface area contributed by atoms with Gasteiger partial charge in [0.05, 0.1) is 5.69 Å². The van der Waals surface area contributed by atoms with Gasteiger partial charge in [-0.3, -0.25) is 0 Å². The number of halogens is 1. The number of benzene rings is 3. The van der Waals surface area contributed by atoms with Crippen LogP contribution in [0.5, 0.6) is 11.8 Å². The van der Waals surface area contributed by atoms with Crippen LogP contribution in [0.3, 0.4) is 0 Å². The Morgan fingerprint density at radius 1 is 0.756 bits per heavy atom. The van der Waals surface area contributed by atoms with E-state index in [0.29, 0.717) is 47.7 Å². The quantitative estimate of drug-likeness (QED) is 0.171. The Morgan fingerprint density at radius 3 is 2.02 bits per heavy atom. The molecule has 0 N–H and O–H groups in total. The molecular weight excluding hydrogens is 519 g/mol. The van der Waals surface area contributed by atoms with E-state index in [1.54, 1.807) is 26.4 Å². The summed E-state index contributed by atoms with van der Waals surface area (Å²) in [6.07, 6.45) is 2.55. The van der Waals surface area contributed by atoms with Crippen LogP contribution in [-0.4, -0.2) is 38.6 Å². The van der Waals surface area contributed by atoms with Crippen LogP contribution in [0.15, 0.2) is 91.0 Å². The number of ether oxygens (including phenoxy) is 4. The van der Waals surface area contributed by atoms with Crippen LogP contribution in [0.1, 0.15) is 30.4 Å². The molecule has 1 aliphatic rings. The molecule has 1 aliphatic heterocycles. The number of nitrogens with zero attached hydrogens (tertiary/aromatic N) is 2. The first-order chi connectivity index (χ1) is 20.1. The zero-order chi connectivity index (χ0) is 28.4. The predicted molar refractivity (Wildman–Crippen MR) is 159 cm³/mol. The van der Waals surface area contributed by atoms with Gasteiger partial charge in [-0.25, -0.2) is 4.39 Å². The molecule has 0 aliphatic carbocycles. The van der Waals surface area contributed by atoms with Gasteiger partial charge in [0.1, 0.15) is 13.2 Å². The van der Waals surface area contributed by atoms with Gasteiger partial charge in [-0.2, -0.15) is 4.98 Å². The summed E-state index contributed by atoms with van der Waals surface area (Å²) in [5, 5.41) is 0. The lowest BCUT2D eigenvalue weighted by Gasteiger charge is -2.35. The summed E-state index contributed by atoms with van der Waals surface area (Å²) >= 11 is 0. The molecule has 0 saturated carbocycles. The van der Waals surface area contributed by atoms with Crippen LogP contribution < -0.4 is 14.4 Å². The van der Waals surface area contributed by atoms with Crippen LogP contribution in [0.25, 0.3) is 11.1 Å². The highest BCUT2D eigenvalue weighted by molar-refractivity contribution is 5.74. The smallest absolute Gasteiger partial charge is 0.225 e. The van der Waals surface area contributed by atoms with E-state index in [9.17, 15) is 0 Å². The fourth-order valence-corrected chi connectivity index (χ4v) is 5.22. The number of aromatic nitrogens is 1. The molecule has 1 aromatic heterocycles. The molecule has 0 bridgehead atoms. The van der Waals surface area contributed by atoms with E-state index in [2.05, 4.69) is 9.88 Å². The fourth-order valence-electron chi connectivity index (χ4n) is 5.22. The van der Waals surface area contributed by atoms with Crippen LogP contribution >= 0.6 is 0 Å². The molecule has 0 amide bonds. The van der Waals surface area contributed by atoms with Crippen molar-refractivity contribution >= 4 is 5.69 Å². The van der Waals surface area contributed by atoms with Gasteiger partial charge in [0.15, 0.2) is 12.1 Å². The number of piperidine rings is 1. The molecule has 2 heterocycles. The molecule has 7 heteroatoms. The standard InChI is InChI=1S/C34H37FN2O4/c1-38-32(39-2)22-25-18-20-37(21-19-25)30-15-9-14-28(33(30)35)29-16-17-31(40-23-26-10-5-3-6-11-26)36-34(29)41-24-27-12-7-4-8-13-27/h3-17,25,32H,18-24H2,1-2H3. The summed E-state index contributed by atoms with van der Waals surface area (Å²) in [7, 11) is 3.33. The van der Waals surface area contributed by atoms with Crippen molar-refractivity contribution in [2.45, 2.75) is 38.8 Å². The molecule has 6 nitrogen and oxygen atoms in total. The highest BCUT2D eigenvalue weighted by Crippen LogP contribution is 2.37. The SMILES string of the molecule is COC(CC1CCN(c2cccc(-c3ccc(OCc4ccccc4)nc3OCc3ccccc3)c2F)CC1)OC. The van der Waals surface area contributed by atoms with Crippen molar-refractivity contribution in [3.05, 3.63) is 108 Å². The summed E-state index contributed by atoms with van der Waals surface area (Å²) < 4.78 is 39.1. The van der Waals surface area contributed by atoms with Gasteiger partial charge in [0, 0.05) is 50.9 Å². The highest BCUT2D eigenvalue weighted by Gasteiger charge is 2.25. The lowest BCUT2D eigenvalue weighted by molar-refractivity contribution is -0.115. The second-order valence-electron chi connectivity index (χ2n) is 10.3. The van der Waals surface area contributed by atoms with E-state index in [4.69, 9.17) is 18.9 Å². The first kappa shape index (κ1) is 28.6. The van der Waals surface area contributed by atoms with Crippen LogP contribution in [-0.2, 0) is 22.7 Å². The summed E-state index contributed by atoms with van der Waals surface area (Å²) in [6.45, 7) is 2.22. The number of methoxy groups -OCH3 is 2. The van der Waals surface area contributed by atoms with Crippen LogP contribution in [0, 0.1) is 11.7 Å². The average Bonchev–Trinajstić information content (AvgIpc) is 3.03. The van der Waals surface area contributed by atoms with E-state index in [1.807, 2.05) is 78.9 Å². The Kier molecular flexibility index (Phi) is 9.83. The third-order valence-corrected chi connectivity index (χ3v) is 7.56. The van der Waals surface area contributed by atoms with E-state index in [-0.39, 0.29) is 12.1 Å². The average molecular weight is 557 g/mol. The largest absolute Gasteiger partial charge is 0.473 e. The Hall–Kier alpha value is -3.94. The van der Waals surface area contributed by atoms with Gasteiger partial charge >= 0.3 is 0 Å². The maximum absolute atomic E-state index is 16.2. The lowest BCUT2D eigenvalue weighted by Crippen LogP contribution is -2.35. The number of hydrogen-bond donors (Lipinski definition) is 0. The third kappa shape index (κ3) is 7.43. The lowest BCUT2D eigenvalue weighted by atomic mass is 9.92. The van der Waals surface area contributed by atoms with Gasteiger partial charge in [-0.15, -0.1) is 0 Å². The second-order valence-corrected chi connectivity index (χ2v) is 10.3. The fraction of sp³-hybridized carbons (Fsp3) is 0.324. The molecule has 0 radical (unpaired) electrons. The van der Waals surface area contributed by atoms with Crippen molar-refractivity contribution < 1.29 is 23.3 Å². The van der Waals surface area contributed by atoms with Gasteiger partial charge in [0.2, 0.25) is 11.8 Å². The molecule has 0 atom stereocenters. The number of hydrogen-bond acceptors (Lipinski definition) is 6. The maximum Gasteiger partial charge on any atom is 0.225 e. The summed E-state index contributed by atoms with van der Waals surface area (Å²) in [4.78, 5) is 6.79. The van der Waals surface area contributed by atoms with Crippen molar-refractivity contribution in [3.8, 4) is 22.9 Å². The molecule has 0 spiro atoms. The van der Waals surface area contributed by atoms with E-state index in [0.717, 1.165) is 43.5 Å². The Bertz CT molecular complexity index is 1370. The van der Waals surface area contributed by atoms with Crippen LogP contribution in [0.2, 0.25) is 0 Å². The van der Waals surface area contributed by atoms with Gasteiger partial charge in [-0.05, 0) is 42.0 Å². The minimum absolute atomic E-state index is 0.201. The van der Waals surface area contributed by atoms with E-state index >= 15 is 4.39 Å². The van der Waals surface area contributed by atoms with Crippen molar-refractivity contribution in [1.82, 2.24) is 4.98 Å². The number of pyridine rings is 1. The van der Waals surface area contributed by atoms with E-state index in [1.165, 1.54) is 0 Å². The third-order valence-electron chi connectivity index (χ3n) is 7.56. The Morgan fingerprint density at radius 2 is 1.39 bits per heavy atom. The normalized spacial score (nSPS) is 13.9. The minimum atomic E-state index is -0.276. The maximum atomic E-state index is 16.2. The minimum Gasteiger partial charge on any atom is -0.473 e. The van der Waals surface area contributed by atoms with Gasteiger partial charge in [-0.1, -0.05) is 72.8 Å². The van der Waals surface area contributed by atoms with Crippen LogP contribution in [0.4, 0.5) is 10.1 Å². The molecule has 1 saturated heterocycles. The molecule has 1 fully saturated rings. The molecule has 0 unspecified atom stereocenters. The van der Waals surface area contributed by atoms with E-state index < -0.39 is 0 Å². The molecule has 5 rings (SSSR count). The number of rotatable bonds is 12. The van der Waals surface area contributed by atoms with Gasteiger partial charge < -0.3 is 23.8 Å². The zero-order valence-corrected chi connectivity index (χ0v) is 23.7.